The smallest absolute Gasteiger partial charge is 0.244 e. The van der Waals surface area contributed by atoms with Crippen LogP contribution in [0.15, 0.2) is 54.6 Å². The summed E-state index contributed by atoms with van der Waals surface area (Å²) in [5, 5.41) is 3.71. The Labute approximate surface area is 134 Å². The molecule has 22 heavy (non-hydrogen) atoms. The van der Waals surface area contributed by atoms with E-state index in [-0.39, 0.29) is 11.9 Å². The van der Waals surface area contributed by atoms with Crippen LogP contribution in [0, 0.1) is 0 Å². The Morgan fingerprint density at radius 2 is 1.95 bits per heavy atom. The molecule has 1 N–H and O–H groups in total. The molecule has 0 bridgehead atoms. The fourth-order valence-electron chi connectivity index (χ4n) is 2.46. The van der Waals surface area contributed by atoms with Crippen molar-refractivity contribution in [1.82, 2.24) is 5.32 Å². The summed E-state index contributed by atoms with van der Waals surface area (Å²) in [6, 6.07) is 15.1. The molecule has 1 aliphatic heterocycles. The number of para-hydroxylation sites is 1. The van der Waals surface area contributed by atoms with Crippen molar-refractivity contribution in [2.24, 2.45) is 0 Å². The molecule has 3 rings (SSSR count). The number of amides is 1. The lowest BCUT2D eigenvalue weighted by Crippen LogP contribution is -2.30. The Kier molecular flexibility index (Phi) is 4.45. The Morgan fingerprint density at radius 1 is 1.18 bits per heavy atom. The van der Waals surface area contributed by atoms with E-state index in [1.807, 2.05) is 36.4 Å². The van der Waals surface area contributed by atoms with E-state index in [4.69, 9.17) is 16.3 Å². The standard InChI is InChI=1S/C18H16ClNO2/c19-14-8-5-13(6-9-14)7-10-18(21)20-16-11-12-22-17-4-2-1-3-15(16)17/h1-10,16H,11-12H2,(H,20,21)/b10-7+. The van der Waals surface area contributed by atoms with E-state index < -0.39 is 0 Å². The summed E-state index contributed by atoms with van der Waals surface area (Å²) in [5.41, 5.74) is 1.97. The van der Waals surface area contributed by atoms with Crippen molar-refractivity contribution >= 4 is 23.6 Å². The second-order valence-electron chi connectivity index (χ2n) is 5.12. The monoisotopic (exact) mass is 313 g/mol. The molecule has 0 saturated heterocycles. The van der Waals surface area contributed by atoms with Crippen LogP contribution in [-0.2, 0) is 4.79 Å². The molecule has 4 heteroatoms. The van der Waals surface area contributed by atoms with Gasteiger partial charge in [0.2, 0.25) is 5.91 Å². The highest BCUT2D eigenvalue weighted by atomic mass is 35.5. The van der Waals surface area contributed by atoms with Crippen molar-refractivity contribution in [3.05, 3.63) is 70.8 Å². The summed E-state index contributed by atoms with van der Waals surface area (Å²) in [7, 11) is 0. The molecule has 1 aliphatic rings. The Balaban J connectivity index is 1.66. The van der Waals surface area contributed by atoms with Gasteiger partial charge in [-0.1, -0.05) is 41.9 Å². The van der Waals surface area contributed by atoms with Gasteiger partial charge in [0.25, 0.3) is 0 Å². The maximum absolute atomic E-state index is 12.1. The van der Waals surface area contributed by atoms with E-state index in [1.54, 1.807) is 24.3 Å². The number of hydrogen-bond acceptors (Lipinski definition) is 2. The number of halogens is 1. The van der Waals surface area contributed by atoms with Crippen molar-refractivity contribution in [3.8, 4) is 5.75 Å². The Bertz CT molecular complexity index is 694. The number of nitrogens with one attached hydrogen (secondary N) is 1. The summed E-state index contributed by atoms with van der Waals surface area (Å²) in [5.74, 6) is 0.734. The van der Waals surface area contributed by atoms with Gasteiger partial charge in [0.05, 0.1) is 12.6 Å². The van der Waals surface area contributed by atoms with Gasteiger partial charge in [-0.3, -0.25) is 4.79 Å². The SMILES string of the molecule is O=C(/C=C/c1ccc(Cl)cc1)NC1CCOc2ccccc21. The van der Waals surface area contributed by atoms with E-state index in [9.17, 15) is 4.79 Å². The van der Waals surface area contributed by atoms with Gasteiger partial charge in [-0.15, -0.1) is 0 Å². The third-order valence-electron chi connectivity index (χ3n) is 3.57. The predicted octanol–water partition coefficient (Wildman–Crippen LogP) is 3.99. The second-order valence-corrected chi connectivity index (χ2v) is 5.56. The largest absolute Gasteiger partial charge is 0.493 e. The minimum absolute atomic E-state index is 0.00711. The summed E-state index contributed by atoms with van der Waals surface area (Å²) in [4.78, 5) is 12.1. The van der Waals surface area contributed by atoms with Crippen LogP contribution in [0.4, 0.5) is 0 Å². The normalized spacial score (nSPS) is 16.9. The fraction of sp³-hybridized carbons (Fsp3) is 0.167. The van der Waals surface area contributed by atoms with Crippen LogP contribution in [0.25, 0.3) is 6.08 Å². The van der Waals surface area contributed by atoms with Gasteiger partial charge in [-0.2, -0.15) is 0 Å². The first kappa shape index (κ1) is 14.7. The first-order chi connectivity index (χ1) is 10.7. The number of carbonyl (C=O) groups is 1. The lowest BCUT2D eigenvalue weighted by atomic mass is 10.0. The van der Waals surface area contributed by atoms with Crippen LogP contribution in [-0.4, -0.2) is 12.5 Å². The van der Waals surface area contributed by atoms with Gasteiger partial charge in [0.15, 0.2) is 0 Å². The van der Waals surface area contributed by atoms with Gasteiger partial charge < -0.3 is 10.1 Å². The van der Waals surface area contributed by atoms with Gasteiger partial charge >= 0.3 is 0 Å². The van der Waals surface area contributed by atoms with Gasteiger partial charge in [0.1, 0.15) is 5.75 Å². The van der Waals surface area contributed by atoms with Crippen LogP contribution >= 0.6 is 11.6 Å². The first-order valence-corrected chi connectivity index (χ1v) is 7.56. The van der Waals surface area contributed by atoms with Crippen LogP contribution in [0.3, 0.4) is 0 Å². The highest BCUT2D eigenvalue weighted by Gasteiger charge is 2.21. The van der Waals surface area contributed by atoms with E-state index in [0.717, 1.165) is 23.3 Å². The molecule has 0 radical (unpaired) electrons. The topological polar surface area (TPSA) is 38.3 Å². The van der Waals surface area contributed by atoms with Crippen molar-refractivity contribution in [1.29, 1.82) is 0 Å². The molecule has 1 unspecified atom stereocenters. The zero-order valence-electron chi connectivity index (χ0n) is 12.0. The average molecular weight is 314 g/mol. The Morgan fingerprint density at radius 3 is 2.77 bits per heavy atom. The van der Waals surface area contributed by atoms with Crippen LogP contribution in [0.5, 0.6) is 5.75 Å². The molecule has 2 aromatic carbocycles. The number of rotatable bonds is 3. The summed E-state index contributed by atoms with van der Waals surface area (Å²) >= 11 is 5.84. The van der Waals surface area contributed by atoms with Crippen molar-refractivity contribution in [2.45, 2.75) is 12.5 Å². The zero-order chi connectivity index (χ0) is 15.4. The molecular weight excluding hydrogens is 298 g/mol. The maximum Gasteiger partial charge on any atom is 0.244 e. The lowest BCUT2D eigenvalue weighted by Gasteiger charge is -2.26. The highest BCUT2D eigenvalue weighted by Crippen LogP contribution is 2.31. The van der Waals surface area contributed by atoms with Crippen LogP contribution in [0.2, 0.25) is 5.02 Å². The molecular formula is C18H16ClNO2. The molecule has 0 fully saturated rings. The average Bonchev–Trinajstić information content (AvgIpc) is 2.55. The first-order valence-electron chi connectivity index (χ1n) is 7.18. The summed E-state index contributed by atoms with van der Waals surface area (Å²) in [6.07, 6.45) is 4.09. The number of hydrogen-bond donors (Lipinski definition) is 1. The van der Waals surface area contributed by atoms with Gasteiger partial charge in [-0.05, 0) is 29.8 Å². The van der Waals surface area contributed by atoms with E-state index in [0.29, 0.717) is 11.6 Å². The third-order valence-corrected chi connectivity index (χ3v) is 3.82. The molecule has 0 aromatic heterocycles. The van der Waals surface area contributed by atoms with E-state index in [2.05, 4.69) is 5.32 Å². The molecule has 112 valence electrons. The zero-order valence-corrected chi connectivity index (χ0v) is 12.7. The molecule has 1 amide bonds. The van der Waals surface area contributed by atoms with Crippen molar-refractivity contribution < 1.29 is 9.53 Å². The molecule has 0 spiro atoms. The Hall–Kier alpha value is -2.26. The minimum Gasteiger partial charge on any atom is -0.493 e. The van der Waals surface area contributed by atoms with E-state index >= 15 is 0 Å². The quantitative estimate of drug-likeness (QED) is 0.870. The molecule has 3 nitrogen and oxygen atoms in total. The van der Waals surface area contributed by atoms with Crippen LogP contribution < -0.4 is 10.1 Å². The molecule has 2 aromatic rings. The van der Waals surface area contributed by atoms with Gasteiger partial charge in [0, 0.05) is 23.1 Å². The number of benzene rings is 2. The number of fused-ring (bicyclic) bond motifs is 1. The van der Waals surface area contributed by atoms with Crippen molar-refractivity contribution in [3.63, 3.8) is 0 Å². The fourth-order valence-corrected chi connectivity index (χ4v) is 2.58. The lowest BCUT2D eigenvalue weighted by molar-refractivity contribution is -0.117. The highest BCUT2D eigenvalue weighted by molar-refractivity contribution is 6.30. The molecule has 0 aliphatic carbocycles. The summed E-state index contributed by atoms with van der Waals surface area (Å²) < 4.78 is 5.59. The van der Waals surface area contributed by atoms with Gasteiger partial charge in [-0.25, -0.2) is 0 Å². The summed E-state index contributed by atoms with van der Waals surface area (Å²) in [6.45, 7) is 0.614. The second kappa shape index (κ2) is 6.67. The molecule has 0 saturated carbocycles. The van der Waals surface area contributed by atoms with Crippen LogP contribution in [0.1, 0.15) is 23.6 Å². The number of ether oxygens (including phenoxy) is 1. The van der Waals surface area contributed by atoms with E-state index in [1.165, 1.54) is 0 Å². The number of carbonyl (C=O) groups excluding carboxylic acids is 1. The third kappa shape index (κ3) is 3.49. The molecule has 1 heterocycles. The maximum atomic E-state index is 12.1. The molecule has 1 atom stereocenters. The van der Waals surface area contributed by atoms with Crippen molar-refractivity contribution in [2.75, 3.05) is 6.61 Å². The minimum atomic E-state index is -0.114. The predicted molar refractivity (Wildman–Crippen MR) is 87.9 cm³/mol.